The largest absolute Gasteiger partial charge is 0.299 e. The van der Waals surface area contributed by atoms with Gasteiger partial charge in [-0.3, -0.25) is 4.90 Å². The molecule has 2 unspecified atom stereocenters. The predicted octanol–water partition coefficient (Wildman–Crippen LogP) is 4.04. The van der Waals surface area contributed by atoms with Crippen molar-refractivity contribution in [3.8, 4) is 0 Å². The number of benzene rings is 1. The molecule has 4 heteroatoms. The Hall–Kier alpha value is -0.120. The maximum atomic E-state index is 13.0. The van der Waals surface area contributed by atoms with Gasteiger partial charge in [-0.2, -0.15) is 0 Å². The first-order chi connectivity index (χ1) is 8.06. The maximum absolute atomic E-state index is 13.0. The number of alkyl halides is 1. The normalized spacial score (nSPS) is 26.1. The highest BCUT2D eigenvalue weighted by atomic mass is 79.9. The van der Waals surface area contributed by atoms with Gasteiger partial charge < -0.3 is 0 Å². The number of hydrogen-bond donors (Lipinski definition) is 0. The standard InChI is InChI=1S/C13H16BrClFN/c1-9-7-17(5-4-13(9)15)8-10-2-3-11(16)6-12(10)14/h2-3,6,9,13H,4-5,7-8H2,1H3. The molecule has 0 N–H and O–H groups in total. The van der Waals surface area contributed by atoms with Crippen molar-refractivity contribution in [3.05, 3.63) is 34.1 Å². The molecule has 17 heavy (non-hydrogen) atoms. The summed E-state index contributed by atoms with van der Waals surface area (Å²) in [4.78, 5) is 2.38. The molecule has 2 atom stereocenters. The van der Waals surface area contributed by atoms with Crippen LogP contribution >= 0.6 is 27.5 Å². The van der Waals surface area contributed by atoms with Gasteiger partial charge in [0.1, 0.15) is 5.82 Å². The quantitative estimate of drug-likeness (QED) is 0.744. The Morgan fingerprint density at radius 3 is 2.94 bits per heavy atom. The van der Waals surface area contributed by atoms with Crippen LogP contribution in [0.5, 0.6) is 0 Å². The first-order valence-corrected chi connectivity index (χ1v) is 7.09. The fraction of sp³-hybridized carbons (Fsp3) is 0.538. The second-order valence-corrected chi connectivity index (χ2v) is 6.17. The van der Waals surface area contributed by atoms with Crippen LogP contribution in [0.3, 0.4) is 0 Å². The molecule has 0 bridgehead atoms. The first kappa shape index (κ1) is 13.3. The summed E-state index contributed by atoms with van der Waals surface area (Å²) in [7, 11) is 0. The molecule has 1 aliphatic rings. The molecule has 1 aromatic rings. The van der Waals surface area contributed by atoms with E-state index >= 15 is 0 Å². The van der Waals surface area contributed by atoms with Crippen molar-refractivity contribution in [2.75, 3.05) is 13.1 Å². The van der Waals surface area contributed by atoms with E-state index in [0.717, 1.165) is 36.1 Å². The molecule has 0 aliphatic carbocycles. The van der Waals surface area contributed by atoms with Crippen molar-refractivity contribution in [1.82, 2.24) is 4.90 Å². The number of likely N-dealkylation sites (tertiary alicyclic amines) is 1. The van der Waals surface area contributed by atoms with Gasteiger partial charge in [-0.25, -0.2) is 4.39 Å². The van der Waals surface area contributed by atoms with Crippen molar-refractivity contribution in [3.63, 3.8) is 0 Å². The maximum Gasteiger partial charge on any atom is 0.124 e. The summed E-state index contributed by atoms with van der Waals surface area (Å²) in [6.07, 6.45) is 1.03. The fourth-order valence-electron chi connectivity index (χ4n) is 2.24. The van der Waals surface area contributed by atoms with Crippen LogP contribution in [0.1, 0.15) is 18.9 Å². The Kier molecular flexibility index (Phi) is 4.45. The first-order valence-electron chi connectivity index (χ1n) is 5.86. The molecular formula is C13H16BrClFN. The van der Waals surface area contributed by atoms with Crippen molar-refractivity contribution in [2.24, 2.45) is 5.92 Å². The molecule has 1 aromatic carbocycles. The topological polar surface area (TPSA) is 3.24 Å². The summed E-state index contributed by atoms with van der Waals surface area (Å²) in [5.41, 5.74) is 1.13. The summed E-state index contributed by atoms with van der Waals surface area (Å²) in [6, 6.07) is 4.88. The van der Waals surface area contributed by atoms with Crippen LogP contribution in [0.2, 0.25) is 0 Å². The number of nitrogens with zero attached hydrogens (tertiary/aromatic N) is 1. The second-order valence-electron chi connectivity index (χ2n) is 4.75. The van der Waals surface area contributed by atoms with E-state index in [4.69, 9.17) is 11.6 Å². The Balaban J connectivity index is 2.01. The number of piperidine rings is 1. The van der Waals surface area contributed by atoms with Gasteiger partial charge in [0, 0.05) is 22.9 Å². The smallest absolute Gasteiger partial charge is 0.124 e. The predicted molar refractivity (Wildman–Crippen MR) is 72.8 cm³/mol. The molecule has 0 aromatic heterocycles. The number of hydrogen-bond acceptors (Lipinski definition) is 1. The minimum atomic E-state index is -0.201. The van der Waals surface area contributed by atoms with E-state index in [-0.39, 0.29) is 5.82 Å². The van der Waals surface area contributed by atoms with Gasteiger partial charge >= 0.3 is 0 Å². The minimum Gasteiger partial charge on any atom is -0.299 e. The van der Waals surface area contributed by atoms with Crippen LogP contribution in [0, 0.1) is 11.7 Å². The monoisotopic (exact) mass is 319 g/mol. The lowest BCUT2D eigenvalue weighted by molar-refractivity contribution is 0.179. The zero-order chi connectivity index (χ0) is 12.4. The average molecular weight is 321 g/mol. The van der Waals surface area contributed by atoms with Crippen LogP contribution in [0.25, 0.3) is 0 Å². The van der Waals surface area contributed by atoms with Crippen molar-refractivity contribution < 1.29 is 4.39 Å². The van der Waals surface area contributed by atoms with Gasteiger partial charge in [-0.1, -0.05) is 28.9 Å². The van der Waals surface area contributed by atoms with Gasteiger partial charge in [-0.15, -0.1) is 11.6 Å². The molecule has 1 aliphatic heterocycles. The van der Waals surface area contributed by atoms with Gasteiger partial charge in [0.25, 0.3) is 0 Å². The molecule has 1 heterocycles. The van der Waals surface area contributed by atoms with Crippen LogP contribution in [0.4, 0.5) is 4.39 Å². The third kappa shape index (κ3) is 3.43. The molecule has 1 fully saturated rings. The van der Waals surface area contributed by atoms with Crippen molar-refractivity contribution >= 4 is 27.5 Å². The lowest BCUT2D eigenvalue weighted by Gasteiger charge is -2.34. The van der Waals surface area contributed by atoms with Crippen LogP contribution in [0.15, 0.2) is 22.7 Å². The minimum absolute atomic E-state index is 0.201. The van der Waals surface area contributed by atoms with E-state index in [9.17, 15) is 4.39 Å². The molecule has 1 nitrogen and oxygen atoms in total. The lowest BCUT2D eigenvalue weighted by Crippen LogP contribution is -2.39. The molecule has 0 radical (unpaired) electrons. The van der Waals surface area contributed by atoms with Crippen LogP contribution in [-0.4, -0.2) is 23.4 Å². The highest BCUT2D eigenvalue weighted by Gasteiger charge is 2.24. The van der Waals surface area contributed by atoms with E-state index < -0.39 is 0 Å². The summed E-state index contributed by atoms with van der Waals surface area (Å²) in [6.45, 7) is 5.07. The molecule has 1 saturated heterocycles. The van der Waals surface area contributed by atoms with Crippen molar-refractivity contribution in [2.45, 2.75) is 25.3 Å². The lowest BCUT2D eigenvalue weighted by atomic mass is 9.99. The third-order valence-electron chi connectivity index (χ3n) is 3.29. The Morgan fingerprint density at radius 1 is 1.53 bits per heavy atom. The van der Waals surface area contributed by atoms with Gasteiger partial charge in [0.2, 0.25) is 0 Å². The van der Waals surface area contributed by atoms with E-state index in [1.54, 1.807) is 0 Å². The van der Waals surface area contributed by atoms with E-state index in [1.165, 1.54) is 12.1 Å². The summed E-state index contributed by atoms with van der Waals surface area (Å²) in [5, 5.41) is 0.294. The van der Waals surface area contributed by atoms with Gasteiger partial charge in [0.05, 0.1) is 0 Å². The molecule has 0 amide bonds. The Bertz CT molecular complexity index is 399. The summed E-state index contributed by atoms with van der Waals surface area (Å²) in [5.74, 6) is 0.318. The fourth-order valence-corrected chi connectivity index (χ4v) is 2.89. The molecular weight excluding hydrogens is 305 g/mol. The number of rotatable bonds is 2. The number of halogens is 3. The molecule has 0 saturated carbocycles. The highest BCUT2D eigenvalue weighted by molar-refractivity contribution is 9.10. The summed E-state index contributed by atoms with van der Waals surface area (Å²) < 4.78 is 13.8. The Morgan fingerprint density at radius 2 is 2.29 bits per heavy atom. The zero-order valence-corrected chi connectivity index (χ0v) is 12.1. The SMILES string of the molecule is CC1CN(Cc2ccc(F)cc2Br)CCC1Cl. The van der Waals surface area contributed by atoms with E-state index in [0.29, 0.717) is 11.3 Å². The van der Waals surface area contributed by atoms with Gasteiger partial charge in [-0.05, 0) is 36.6 Å². The van der Waals surface area contributed by atoms with Gasteiger partial charge in [0.15, 0.2) is 0 Å². The second kappa shape index (κ2) is 5.68. The molecule has 2 rings (SSSR count). The molecule has 94 valence electrons. The molecule has 0 spiro atoms. The van der Waals surface area contributed by atoms with E-state index in [1.807, 2.05) is 6.07 Å². The van der Waals surface area contributed by atoms with Crippen LogP contribution in [-0.2, 0) is 6.54 Å². The van der Waals surface area contributed by atoms with Crippen LogP contribution < -0.4 is 0 Å². The Labute approximate surface area is 115 Å². The van der Waals surface area contributed by atoms with E-state index in [2.05, 4.69) is 27.8 Å². The van der Waals surface area contributed by atoms with Crippen molar-refractivity contribution in [1.29, 1.82) is 0 Å². The highest BCUT2D eigenvalue weighted by Crippen LogP contribution is 2.25. The summed E-state index contributed by atoms with van der Waals surface area (Å²) >= 11 is 9.61. The zero-order valence-electron chi connectivity index (χ0n) is 9.80. The third-order valence-corrected chi connectivity index (χ3v) is 4.68. The average Bonchev–Trinajstić information content (AvgIpc) is 2.27.